The number of thioether (sulfide) groups is 1. The standard InChI is InChI=1S/C26H19Cl2F3N2O3S/c1-2-35-22-11-16(5-10-21(22)36-14-15-3-6-17(27)7-4-15)12-23-24(34)33-25(37-23)32-20-9-8-18(28)13-19(20)26(29,30)31/h3-13H,2,14H2,1H3,(H,32,33,34). The lowest BCUT2D eigenvalue weighted by atomic mass is 10.2. The van der Waals surface area contributed by atoms with Gasteiger partial charge in [-0.15, -0.1) is 0 Å². The molecule has 1 fully saturated rings. The van der Waals surface area contributed by atoms with Crippen LogP contribution >= 0.6 is 35.0 Å². The molecule has 3 aromatic carbocycles. The molecule has 1 saturated heterocycles. The van der Waals surface area contributed by atoms with Crippen molar-refractivity contribution in [3.63, 3.8) is 0 Å². The Morgan fingerprint density at radius 2 is 1.70 bits per heavy atom. The molecule has 0 bridgehead atoms. The van der Waals surface area contributed by atoms with E-state index in [1.807, 2.05) is 19.1 Å². The van der Waals surface area contributed by atoms with Crippen LogP contribution in [0.3, 0.4) is 0 Å². The van der Waals surface area contributed by atoms with Crippen molar-refractivity contribution in [2.45, 2.75) is 19.7 Å². The molecule has 11 heteroatoms. The number of carbonyl (C=O) groups is 1. The van der Waals surface area contributed by atoms with Crippen LogP contribution in [0.4, 0.5) is 18.9 Å². The average molecular weight is 567 g/mol. The van der Waals surface area contributed by atoms with E-state index in [9.17, 15) is 18.0 Å². The van der Waals surface area contributed by atoms with Crippen LogP contribution in [0.1, 0.15) is 23.6 Å². The molecule has 1 N–H and O–H groups in total. The van der Waals surface area contributed by atoms with E-state index in [0.717, 1.165) is 29.5 Å². The summed E-state index contributed by atoms with van der Waals surface area (Å²) in [5, 5.41) is 3.09. The Labute approximate surface area is 225 Å². The van der Waals surface area contributed by atoms with Gasteiger partial charge < -0.3 is 14.8 Å². The van der Waals surface area contributed by atoms with Gasteiger partial charge in [0.2, 0.25) is 0 Å². The van der Waals surface area contributed by atoms with Gasteiger partial charge in [-0.2, -0.15) is 13.2 Å². The molecule has 1 amide bonds. The first-order valence-electron chi connectivity index (χ1n) is 10.9. The SMILES string of the molecule is CCOc1cc(C=C2SC(=Nc3ccc(Cl)cc3C(F)(F)F)NC2=O)ccc1OCc1ccc(Cl)cc1. The van der Waals surface area contributed by atoms with Crippen LogP contribution in [-0.4, -0.2) is 17.7 Å². The summed E-state index contributed by atoms with van der Waals surface area (Å²) in [6.45, 7) is 2.54. The molecule has 1 aliphatic rings. The molecule has 192 valence electrons. The van der Waals surface area contributed by atoms with Gasteiger partial charge >= 0.3 is 6.18 Å². The minimum Gasteiger partial charge on any atom is -0.490 e. The second-order valence-corrected chi connectivity index (χ2v) is 9.60. The van der Waals surface area contributed by atoms with E-state index < -0.39 is 17.6 Å². The molecule has 5 nitrogen and oxygen atoms in total. The van der Waals surface area contributed by atoms with Crippen molar-refractivity contribution in [2.75, 3.05) is 6.61 Å². The van der Waals surface area contributed by atoms with Gasteiger partial charge in [0.25, 0.3) is 5.91 Å². The number of benzene rings is 3. The van der Waals surface area contributed by atoms with Gasteiger partial charge in [0.1, 0.15) is 6.61 Å². The number of rotatable bonds is 7. The molecule has 37 heavy (non-hydrogen) atoms. The van der Waals surface area contributed by atoms with E-state index >= 15 is 0 Å². The van der Waals surface area contributed by atoms with Crippen molar-refractivity contribution in [3.8, 4) is 11.5 Å². The number of hydrogen-bond donors (Lipinski definition) is 1. The molecule has 3 aromatic rings. The predicted octanol–water partition coefficient (Wildman–Crippen LogP) is 7.88. The lowest BCUT2D eigenvalue weighted by Crippen LogP contribution is -2.19. The minimum absolute atomic E-state index is 0.0250. The molecule has 0 spiro atoms. The minimum atomic E-state index is -4.65. The Hall–Kier alpha value is -3.14. The summed E-state index contributed by atoms with van der Waals surface area (Å²) >= 11 is 12.6. The molecule has 0 unspecified atom stereocenters. The van der Waals surface area contributed by atoms with E-state index in [1.165, 1.54) is 6.07 Å². The summed E-state index contributed by atoms with van der Waals surface area (Å²) in [6.07, 6.45) is -3.05. The van der Waals surface area contributed by atoms with Gasteiger partial charge in [-0.25, -0.2) is 4.99 Å². The molecule has 1 heterocycles. The number of amides is 1. The van der Waals surface area contributed by atoms with Crippen LogP contribution in [0.5, 0.6) is 11.5 Å². The highest BCUT2D eigenvalue weighted by Gasteiger charge is 2.34. The quantitative estimate of drug-likeness (QED) is 0.295. The zero-order chi connectivity index (χ0) is 26.6. The fraction of sp³-hybridized carbons (Fsp3) is 0.154. The van der Waals surface area contributed by atoms with Gasteiger partial charge in [-0.3, -0.25) is 4.79 Å². The molecule has 0 aliphatic carbocycles. The van der Waals surface area contributed by atoms with Gasteiger partial charge in [-0.05, 0) is 78.4 Å². The van der Waals surface area contributed by atoms with Crippen molar-refractivity contribution < 1.29 is 27.4 Å². The number of ether oxygens (including phenoxy) is 2. The Balaban J connectivity index is 1.54. The summed E-state index contributed by atoms with van der Waals surface area (Å²) in [5.41, 5.74) is 0.235. The largest absolute Gasteiger partial charge is 0.490 e. The normalized spacial score (nSPS) is 15.8. The molecule has 0 radical (unpaired) electrons. The van der Waals surface area contributed by atoms with E-state index in [2.05, 4.69) is 10.3 Å². The van der Waals surface area contributed by atoms with Crippen LogP contribution in [0, 0.1) is 0 Å². The maximum atomic E-state index is 13.4. The fourth-order valence-electron chi connectivity index (χ4n) is 3.32. The molecule has 0 saturated carbocycles. The highest BCUT2D eigenvalue weighted by Crippen LogP contribution is 2.39. The van der Waals surface area contributed by atoms with E-state index in [4.69, 9.17) is 32.7 Å². The van der Waals surface area contributed by atoms with E-state index in [0.29, 0.717) is 35.3 Å². The lowest BCUT2D eigenvalue weighted by Gasteiger charge is -2.13. The second kappa shape index (κ2) is 11.5. The molecule has 0 aromatic heterocycles. The van der Waals surface area contributed by atoms with E-state index in [-0.39, 0.29) is 20.8 Å². The van der Waals surface area contributed by atoms with Crippen LogP contribution < -0.4 is 14.8 Å². The monoisotopic (exact) mass is 566 g/mol. The summed E-state index contributed by atoms with van der Waals surface area (Å²) in [7, 11) is 0. The average Bonchev–Trinajstić information content (AvgIpc) is 3.18. The van der Waals surface area contributed by atoms with Crippen molar-refractivity contribution in [2.24, 2.45) is 4.99 Å². The maximum Gasteiger partial charge on any atom is 0.418 e. The van der Waals surface area contributed by atoms with Crippen LogP contribution in [0.25, 0.3) is 6.08 Å². The molecule has 4 rings (SSSR count). The van der Waals surface area contributed by atoms with Crippen molar-refractivity contribution in [3.05, 3.63) is 92.3 Å². The Bertz CT molecular complexity index is 1380. The number of nitrogens with zero attached hydrogens (tertiary/aromatic N) is 1. The number of carbonyl (C=O) groups excluding carboxylic acids is 1. The Kier molecular flexibility index (Phi) is 8.36. The summed E-state index contributed by atoms with van der Waals surface area (Å²) < 4.78 is 51.8. The highest BCUT2D eigenvalue weighted by atomic mass is 35.5. The third-order valence-electron chi connectivity index (χ3n) is 5.01. The third-order valence-corrected chi connectivity index (χ3v) is 6.41. The number of hydrogen-bond acceptors (Lipinski definition) is 5. The molecular weight excluding hydrogens is 548 g/mol. The Morgan fingerprint density at radius 1 is 0.973 bits per heavy atom. The zero-order valence-corrected chi connectivity index (χ0v) is 21.6. The maximum absolute atomic E-state index is 13.4. The second-order valence-electron chi connectivity index (χ2n) is 7.70. The smallest absolute Gasteiger partial charge is 0.418 e. The van der Waals surface area contributed by atoms with Crippen molar-refractivity contribution >= 4 is 57.8 Å². The lowest BCUT2D eigenvalue weighted by molar-refractivity contribution is -0.137. The topological polar surface area (TPSA) is 59.9 Å². The Morgan fingerprint density at radius 3 is 2.41 bits per heavy atom. The van der Waals surface area contributed by atoms with Crippen LogP contribution in [-0.2, 0) is 17.6 Å². The third kappa shape index (κ3) is 7.00. The first-order valence-corrected chi connectivity index (χ1v) is 12.5. The molecule has 0 atom stereocenters. The number of amidine groups is 1. The zero-order valence-electron chi connectivity index (χ0n) is 19.2. The summed E-state index contributed by atoms with van der Waals surface area (Å²) in [5.74, 6) is 0.526. The molecular formula is C26H19Cl2F3N2O3S. The summed E-state index contributed by atoms with van der Waals surface area (Å²) in [4.78, 5) is 16.8. The van der Waals surface area contributed by atoms with Gasteiger partial charge in [0.15, 0.2) is 16.7 Å². The van der Waals surface area contributed by atoms with Gasteiger partial charge in [0, 0.05) is 10.0 Å². The van der Waals surface area contributed by atoms with Gasteiger partial charge in [0.05, 0.1) is 22.8 Å². The highest BCUT2D eigenvalue weighted by molar-refractivity contribution is 8.18. The number of aliphatic imine (C=N–C) groups is 1. The first kappa shape index (κ1) is 26.9. The van der Waals surface area contributed by atoms with E-state index in [1.54, 1.807) is 36.4 Å². The number of nitrogens with one attached hydrogen (secondary N) is 1. The molecule has 1 aliphatic heterocycles. The van der Waals surface area contributed by atoms with Crippen molar-refractivity contribution in [1.82, 2.24) is 5.32 Å². The van der Waals surface area contributed by atoms with Gasteiger partial charge in [-0.1, -0.05) is 41.4 Å². The predicted molar refractivity (Wildman–Crippen MR) is 141 cm³/mol. The fourth-order valence-corrected chi connectivity index (χ4v) is 4.45. The van der Waals surface area contributed by atoms with Crippen molar-refractivity contribution in [1.29, 1.82) is 0 Å². The number of halogens is 5. The van der Waals surface area contributed by atoms with Crippen LogP contribution in [0.15, 0.2) is 70.6 Å². The number of alkyl halides is 3. The first-order chi connectivity index (χ1) is 17.6. The summed E-state index contributed by atoms with van der Waals surface area (Å²) in [6, 6.07) is 15.7. The van der Waals surface area contributed by atoms with Crippen LogP contribution in [0.2, 0.25) is 10.0 Å².